The van der Waals surface area contributed by atoms with Crippen LogP contribution < -0.4 is 10.6 Å². The summed E-state index contributed by atoms with van der Waals surface area (Å²) in [5.74, 6) is -1.02. The Kier molecular flexibility index (Phi) is 6.03. The molecule has 126 valence electrons. The zero-order chi connectivity index (χ0) is 17.5. The van der Waals surface area contributed by atoms with Gasteiger partial charge in [0.2, 0.25) is 5.91 Å². The average Bonchev–Trinajstić information content (AvgIpc) is 2.51. The number of aryl methyl sites for hydroxylation is 1. The van der Waals surface area contributed by atoms with E-state index < -0.39 is 17.8 Å². The molecule has 6 heteroatoms. The van der Waals surface area contributed by atoms with Gasteiger partial charge in [-0.1, -0.05) is 36.4 Å². The van der Waals surface area contributed by atoms with Crippen LogP contribution in [-0.2, 0) is 11.3 Å². The van der Waals surface area contributed by atoms with Crippen molar-refractivity contribution in [3.8, 4) is 0 Å². The van der Waals surface area contributed by atoms with Gasteiger partial charge in [0.15, 0.2) is 0 Å². The van der Waals surface area contributed by atoms with Crippen LogP contribution in [0.4, 0.5) is 14.9 Å². The molecule has 2 aromatic carbocycles. The zero-order valence-electron chi connectivity index (χ0n) is 13.7. The van der Waals surface area contributed by atoms with Gasteiger partial charge in [0, 0.05) is 6.54 Å². The number of rotatable bonds is 5. The van der Waals surface area contributed by atoms with Gasteiger partial charge in [-0.15, -0.1) is 0 Å². The first-order chi connectivity index (χ1) is 11.5. The molecule has 3 amide bonds. The Bertz CT molecular complexity index is 734. The van der Waals surface area contributed by atoms with Crippen LogP contribution in [0.25, 0.3) is 0 Å². The lowest BCUT2D eigenvalue weighted by Gasteiger charge is -2.17. The van der Waals surface area contributed by atoms with Crippen molar-refractivity contribution >= 4 is 17.6 Å². The number of benzene rings is 2. The molecule has 0 unspecified atom stereocenters. The molecule has 0 aliphatic carbocycles. The molecule has 0 heterocycles. The summed E-state index contributed by atoms with van der Waals surface area (Å²) in [5, 5.41) is 4.50. The van der Waals surface area contributed by atoms with Crippen molar-refractivity contribution < 1.29 is 14.0 Å². The number of nitrogens with zero attached hydrogens (tertiary/aromatic N) is 1. The second-order valence-electron chi connectivity index (χ2n) is 5.58. The quantitative estimate of drug-likeness (QED) is 0.887. The summed E-state index contributed by atoms with van der Waals surface area (Å²) in [6.45, 7) is 2.65. The minimum absolute atomic E-state index is 0.0241. The van der Waals surface area contributed by atoms with E-state index in [1.165, 1.54) is 18.2 Å². The first-order valence-electron chi connectivity index (χ1n) is 7.54. The summed E-state index contributed by atoms with van der Waals surface area (Å²) in [6.07, 6.45) is 0. The van der Waals surface area contributed by atoms with Crippen LogP contribution in [-0.4, -0.2) is 30.4 Å². The van der Waals surface area contributed by atoms with Gasteiger partial charge >= 0.3 is 6.03 Å². The molecule has 24 heavy (non-hydrogen) atoms. The smallest absolute Gasteiger partial charge is 0.305 e. The second-order valence-corrected chi connectivity index (χ2v) is 5.58. The number of imide groups is 1. The number of hydrogen-bond acceptors (Lipinski definition) is 3. The Morgan fingerprint density at radius 3 is 2.46 bits per heavy atom. The Morgan fingerprint density at radius 2 is 1.75 bits per heavy atom. The summed E-state index contributed by atoms with van der Waals surface area (Å²) in [6, 6.07) is 12.9. The Labute approximate surface area is 140 Å². The summed E-state index contributed by atoms with van der Waals surface area (Å²) < 4.78 is 13.4. The minimum Gasteiger partial charge on any atom is -0.305 e. The first-order valence-corrected chi connectivity index (χ1v) is 7.54. The van der Waals surface area contributed by atoms with Crippen LogP contribution in [0.1, 0.15) is 11.1 Å². The number of nitrogens with one attached hydrogen (secondary N) is 2. The maximum absolute atomic E-state index is 13.4. The number of likely N-dealkylation sites (N-methyl/N-ethyl adjacent to an activating group) is 1. The van der Waals surface area contributed by atoms with E-state index in [1.54, 1.807) is 18.0 Å². The predicted octanol–water partition coefficient (Wildman–Crippen LogP) is 2.91. The van der Waals surface area contributed by atoms with Crippen molar-refractivity contribution in [3.63, 3.8) is 0 Å². The molecule has 5 nitrogen and oxygen atoms in total. The molecular formula is C18H20FN3O2. The third-order valence-electron chi connectivity index (χ3n) is 3.49. The van der Waals surface area contributed by atoms with Crippen molar-refractivity contribution in [2.45, 2.75) is 13.5 Å². The molecule has 0 radical (unpaired) electrons. The van der Waals surface area contributed by atoms with Crippen LogP contribution >= 0.6 is 0 Å². The number of carbonyl (C=O) groups excluding carboxylic acids is 2. The van der Waals surface area contributed by atoms with Gasteiger partial charge < -0.3 is 5.32 Å². The monoisotopic (exact) mass is 329 g/mol. The summed E-state index contributed by atoms with van der Waals surface area (Å²) in [4.78, 5) is 25.4. The topological polar surface area (TPSA) is 61.4 Å². The number of para-hydroxylation sites is 1. The molecule has 2 rings (SSSR count). The lowest BCUT2D eigenvalue weighted by Crippen LogP contribution is -2.40. The fraction of sp³-hybridized carbons (Fsp3) is 0.222. The van der Waals surface area contributed by atoms with E-state index in [9.17, 15) is 14.0 Å². The highest BCUT2D eigenvalue weighted by molar-refractivity contribution is 6.01. The fourth-order valence-electron chi connectivity index (χ4n) is 2.26. The van der Waals surface area contributed by atoms with Gasteiger partial charge in [-0.3, -0.25) is 15.0 Å². The number of anilines is 1. The summed E-state index contributed by atoms with van der Waals surface area (Å²) in [7, 11) is 1.79. The number of carbonyl (C=O) groups is 2. The van der Waals surface area contributed by atoms with Crippen molar-refractivity contribution in [1.82, 2.24) is 10.2 Å². The Morgan fingerprint density at radius 1 is 1.08 bits per heavy atom. The molecule has 0 atom stereocenters. The van der Waals surface area contributed by atoms with Gasteiger partial charge in [-0.25, -0.2) is 9.18 Å². The van der Waals surface area contributed by atoms with E-state index in [1.807, 2.05) is 31.2 Å². The summed E-state index contributed by atoms with van der Waals surface area (Å²) in [5.41, 5.74) is 2.28. The number of halogens is 1. The molecule has 0 bridgehead atoms. The molecule has 2 N–H and O–H groups in total. The van der Waals surface area contributed by atoms with Crippen LogP contribution in [0.2, 0.25) is 0 Å². The zero-order valence-corrected chi connectivity index (χ0v) is 13.7. The molecule has 0 aromatic heterocycles. The van der Waals surface area contributed by atoms with E-state index in [2.05, 4.69) is 10.6 Å². The lowest BCUT2D eigenvalue weighted by molar-refractivity contribution is -0.120. The molecule has 0 aliphatic heterocycles. The Hall–Kier alpha value is -2.73. The number of urea groups is 1. The van der Waals surface area contributed by atoms with E-state index >= 15 is 0 Å². The van der Waals surface area contributed by atoms with E-state index in [4.69, 9.17) is 0 Å². The van der Waals surface area contributed by atoms with Gasteiger partial charge in [0.05, 0.1) is 12.2 Å². The van der Waals surface area contributed by atoms with Crippen LogP contribution in [0, 0.1) is 12.7 Å². The molecule has 2 aromatic rings. The number of hydrogen-bond donors (Lipinski definition) is 2. The van der Waals surface area contributed by atoms with Crippen LogP contribution in [0.15, 0.2) is 48.5 Å². The van der Waals surface area contributed by atoms with E-state index in [-0.39, 0.29) is 12.2 Å². The molecule has 0 aliphatic rings. The lowest BCUT2D eigenvalue weighted by atomic mass is 10.1. The number of amides is 3. The highest BCUT2D eigenvalue weighted by Crippen LogP contribution is 2.12. The first kappa shape index (κ1) is 17.6. The predicted molar refractivity (Wildman–Crippen MR) is 91.1 cm³/mol. The third-order valence-corrected chi connectivity index (χ3v) is 3.49. The van der Waals surface area contributed by atoms with Crippen molar-refractivity contribution in [1.29, 1.82) is 0 Å². The van der Waals surface area contributed by atoms with Crippen LogP contribution in [0.5, 0.6) is 0 Å². The van der Waals surface area contributed by atoms with E-state index in [0.29, 0.717) is 6.54 Å². The highest BCUT2D eigenvalue weighted by Gasteiger charge is 2.12. The normalized spacial score (nSPS) is 10.5. The van der Waals surface area contributed by atoms with Gasteiger partial charge in [-0.05, 0) is 37.2 Å². The fourth-order valence-corrected chi connectivity index (χ4v) is 2.26. The van der Waals surface area contributed by atoms with Crippen LogP contribution in [0.3, 0.4) is 0 Å². The molecule has 0 saturated heterocycles. The SMILES string of the molecule is Cc1ccccc1CN(C)CC(=O)NC(=O)Nc1ccccc1F. The van der Waals surface area contributed by atoms with Crippen molar-refractivity contribution in [3.05, 3.63) is 65.5 Å². The van der Waals surface area contributed by atoms with E-state index in [0.717, 1.165) is 11.1 Å². The third kappa shape index (κ3) is 5.17. The molecule has 0 saturated carbocycles. The van der Waals surface area contributed by atoms with Crippen molar-refractivity contribution in [2.75, 3.05) is 18.9 Å². The largest absolute Gasteiger partial charge is 0.326 e. The average molecular weight is 329 g/mol. The second kappa shape index (κ2) is 8.21. The summed E-state index contributed by atoms with van der Waals surface area (Å²) >= 11 is 0. The maximum Gasteiger partial charge on any atom is 0.326 e. The molecule has 0 spiro atoms. The van der Waals surface area contributed by atoms with Gasteiger partial charge in [0.1, 0.15) is 5.82 Å². The van der Waals surface area contributed by atoms with Crippen molar-refractivity contribution in [2.24, 2.45) is 0 Å². The minimum atomic E-state index is -0.755. The van der Waals surface area contributed by atoms with Gasteiger partial charge in [-0.2, -0.15) is 0 Å². The highest BCUT2D eigenvalue weighted by atomic mass is 19.1. The Balaban J connectivity index is 1.83. The standard InChI is InChI=1S/C18H20FN3O2/c1-13-7-3-4-8-14(13)11-22(2)12-17(23)21-18(24)20-16-10-6-5-9-15(16)19/h3-10H,11-12H2,1-2H3,(H2,20,21,23,24). The maximum atomic E-state index is 13.4. The van der Waals surface area contributed by atoms with Gasteiger partial charge in [0.25, 0.3) is 0 Å². The molecule has 0 fully saturated rings. The molecular weight excluding hydrogens is 309 g/mol.